The van der Waals surface area contributed by atoms with E-state index in [1.807, 2.05) is 18.2 Å². The number of hydrogen-bond donors (Lipinski definition) is 1. The number of aliphatic hydroxyl groups is 1. The lowest BCUT2D eigenvalue weighted by Gasteiger charge is -2.30. The van der Waals surface area contributed by atoms with Gasteiger partial charge in [0, 0.05) is 31.1 Å². The summed E-state index contributed by atoms with van der Waals surface area (Å²) in [6.07, 6.45) is -1.87. The molecule has 160 valence electrons. The lowest BCUT2D eigenvalue weighted by Crippen LogP contribution is -2.39. The second-order valence-corrected chi connectivity index (χ2v) is 8.08. The van der Waals surface area contributed by atoms with Crippen LogP contribution in [0.5, 0.6) is 5.75 Å². The van der Waals surface area contributed by atoms with Gasteiger partial charge in [0.2, 0.25) is 0 Å². The molecule has 5 rings (SSSR count). The topological polar surface area (TPSA) is 49.8 Å². The van der Waals surface area contributed by atoms with Crippen LogP contribution in [-0.2, 0) is 12.6 Å². The first-order valence-electron chi connectivity index (χ1n) is 10.1. The Morgan fingerprint density at radius 1 is 1.10 bits per heavy atom. The van der Waals surface area contributed by atoms with E-state index < -0.39 is 11.7 Å². The van der Waals surface area contributed by atoms with Gasteiger partial charge in [-0.25, -0.2) is 0 Å². The first kappa shape index (κ1) is 20.9. The quantitative estimate of drug-likeness (QED) is 0.692. The number of nitrogens with zero attached hydrogens (tertiary/aromatic N) is 1. The van der Waals surface area contributed by atoms with Crippen LogP contribution >= 0.6 is 0 Å². The van der Waals surface area contributed by atoms with Gasteiger partial charge in [0.1, 0.15) is 5.75 Å². The number of alkyl halides is 3. The summed E-state index contributed by atoms with van der Waals surface area (Å²) < 4.78 is 40.9. The highest BCUT2D eigenvalue weighted by Crippen LogP contribution is 2.45. The number of piperidine rings is 1. The molecule has 1 N–H and O–H groups in total. The Hall–Kier alpha value is -2.38. The van der Waals surface area contributed by atoms with Gasteiger partial charge in [0.15, 0.2) is 5.78 Å². The molecule has 3 aliphatic carbocycles. The Bertz CT molecular complexity index is 949. The van der Waals surface area contributed by atoms with Crippen LogP contribution in [-0.4, -0.2) is 48.6 Å². The second kappa shape index (κ2) is 8.04. The largest absolute Gasteiger partial charge is 0.497 e. The summed E-state index contributed by atoms with van der Waals surface area (Å²) in [5.41, 5.74) is 2.56. The van der Waals surface area contributed by atoms with Gasteiger partial charge in [-0.1, -0.05) is 6.07 Å². The highest BCUT2D eigenvalue weighted by Gasteiger charge is 2.37. The number of likely N-dealkylation sites (tertiary alicyclic amines) is 1. The lowest BCUT2D eigenvalue weighted by molar-refractivity contribution is -0.136. The highest BCUT2D eigenvalue weighted by molar-refractivity contribution is 6.02. The zero-order valence-corrected chi connectivity index (χ0v) is 16.7. The van der Waals surface area contributed by atoms with Crippen LogP contribution < -0.4 is 4.74 Å². The van der Waals surface area contributed by atoms with Gasteiger partial charge < -0.3 is 14.7 Å². The summed E-state index contributed by atoms with van der Waals surface area (Å²) in [5, 5.41) is 9.53. The number of ketones is 1. The van der Waals surface area contributed by atoms with Crippen molar-refractivity contribution in [1.29, 1.82) is 0 Å². The van der Waals surface area contributed by atoms with Crippen molar-refractivity contribution < 1.29 is 27.8 Å². The molecule has 1 aromatic rings. The van der Waals surface area contributed by atoms with E-state index in [0.29, 0.717) is 5.56 Å². The second-order valence-electron chi connectivity index (χ2n) is 8.08. The Balaban J connectivity index is 0.000000181. The van der Waals surface area contributed by atoms with E-state index in [9.17, 15) is 23.1 Å². The number of hydrogen-bond acceptors (Lipinski definition) is 4. The molecule has 30 heavy (non-hydrogen) atoms. The zero-order valence-electron chi connectivity index (χ0n) is 16.7. The average Bonchev–Trinajstić information content (AvgIpc) is 3.23. The van der Waals surface area contributed by atoms with Crippen molar-refractivity contribution in [2.75, 3.05) is 26.7 Å². The van der Waals surface area contributed by atoms with E-state index in [1.165, 1.54) is 12.1 Å². The molecule has 0 saturated carbocycles. The summed E-state index contributed by atoms with van der Waals surface area (Å²) in [7, 11) is 1.65. The Morgan fingerprint density at radius 2 is 1.83 bits per heavy atom. The highest BCUT2D eigenvalue weighted by atomic mass is 19.4. The number of benzene rings is 2. The van der Waals surface area contributed by atoms with Gasteiger partial charge in [-0.15, -0.1) is 0 Å². The normalized spacial score (nSPS) is 20.4. The number of ether oxygens (including phenoxy) is 1. The molecule has 1 unspecified atom stereocenters. The molecule has 0 amide bonds. The number of Topliss-reactive ketones (excluding diaryl/α,β-unsaturated/α-hetero) is 1. The molecule has 0 aromatic heterocycles. The van der Waals surface area contributed by atoms with Crippen molar-refractivity contribution in [1.82, 2.24) is 4.90 Å². The maximum atomic E-state index is 12.4. The molecule has 0 bridgehead atoms. The summed E-state index contributed by atoms with van der Waals surface area (Å²) in [6, 6.07) is 9.85. The van der Waals surface area contributed by atoms with Gasteiger partial charge in [-0.2, -0.15) is 13.2 Å². The number of aliphatic hydroxyl groups excluding tert-OH is 1. The monoisotopic (exact) mass is 419 g/mol. The number of carbonyl (C=O) groups excluding carboxylic acids is 1. The molecule has 1 saturated heterocycles. The van der Waals surface area contributed by atoms with E-state index in [1.54, 1.807) is 7.11 Å². The molecule has 0 radical (unpaired) electrons. The van der Waals surface area contributed by atoms with Crippen LogP contribution in [0.2, 0.25) is 0 Å². The maximum Gasteiger partial charge on any atom is 0.417 e. The van der Waals surface area contributed by atoms with Crippen LogP contribution in [0.4, 0.5) is 13.2 Å². The number of methoxy groups -OCH3 is 1. The Kier molecular flexibility index (Phi) is 5.59. The average molecular weight is 419 g/mol. The van der Waals surface area contributed by atoms with E-state index in [-0.39, 0.29) is 17.8 Å². The fourth-order valence-corrected chi connectivity index (χ4v) is 4.25. The maximum absolute atomic E-state index is 12.4. The molecule has 1 aromatic carbocycles. The molecule has 7 heteroatoms. The summed E-state index contributed by atoms with van der Waals surface area (Å²) >= 11 is 0. The third-order valence-electron chi connectivity index (χ3n) is 6.00. The van der Waals surface area contributed by atoms with Gasteiger partial charge in [0.05, 0.1) is 18.8 Å². The summed E-state index contributed by atoms with van der Waals surface area (Å²) in [4.78, 5) is 14.7. The van der Waals surface area contributed by atoms with Crippen molar-refractivity contribution in [2.24, 2.45) is 5.92 Å². The van der Waals surface area contributed by atoms with Crippen LogP contribution in [0.3, 0.4) is 0 Å². The van der Waals surface area contributed by atoms with Crippen molar-refractivity contribution in [3.8, 4) is 16.9 Å². The minimum Gasteiger partial charge on any atom is -0.497 e. The Morgan fingerprint density at radius 3 is 2.37 bits per heavy atom. The van der Waals surface area contributed by atoms with Crippen LogP contribution in [0.15, 0.2) is 36.4 Å². The SMILES string of the molecule is COc1ccc2c(c1)CC(CN1CCC(O)CC1)C2=O.FC(F)(F)c1ccc2cc1-2. The van der Waals surface area contributed by atoms with Crippen LogP contribution in [0.25, 0.3) is 11.1 Å². The summed E-state index contributed by atoms with van der Waals surface area (Å²) in [6.45, 7) is 2.60. The fourth-order valence-electron chi connectivity index (χ4n) is 4.25. The molecule has 4 aliphatic rings. The minimum absolute atomic E-state index is 0.0624. The lowest BCUT2D eigenvalue weighted by atomic mass is 10.0. The van der Waals surface area contributed by atoms with Crippen molar-refractivity contribution in [3.63, 3.8) is 0 Å². The van der Waals surface area contributed by atoms with Crippen molar-refractivity contribution in [3.05, 3.63) is 53.1 Å². The molecule has 1 aliphatic heterocycles. The van der Waals surface area contributed by atoms with Gasteiger partial charge in [-0.3, -0.25) is 4.79 Å². The zero-order chi connectivity index (χ0) is 21.5. The first-order valence-corrected chi connectivity index (χ1v) is 10.1. The van der Waals surface area contributed by atoms with Crippen molar-refractivity contribution >= 4 is 5.78 Å². The van der Waals surface area contributed by atoms with Gasteiger partial charge in [0.25, 0.3) is 0 Å². The molecule has 1 heterocycles. The van der Waals surface area contributed by atoms with Crippen LogP contribution in [0.1, 0.15) is 34.3 Å². The minimum atomic E-state index is -4.17. The number of fused-ring (bicyclic) bond motifs is 2. The fraction of sp³-hybridized carbons (Fsp3) is 0.435. The van der Waals surface area contributed by atoms with Gasteiger partial charge in [-0.05, 0) is 66.3 Å². The standard InChI is InChI=1S/C16H21NO3.C7H3F3/c1-20-14-2-3-15-11(9-14)8-12(16(15)19)10-17-6-4-13(18)5-7-17;8-7(9,10)6-2-1-4-3-5(4)6/h2-3,9,12-13,18H,4-8,10H2,1H3;1-3H. The van der Waals surface area contributed by atoms with Crippen LogP contribution in [0, 0.1) is 5.92 Å². The molecular weight excluding hydrogens is 395 g/mol. The van der Waals surface area contributed by atoms with E-state index in [0.717, 1.165) is 67.4 Å². The molecule has 4 nitrogen and oxygen atoms in total. The number of rotatable bonds is 3. The number of carbonyl (C=O) groups is 1. The molecule has 1 fully saturated rings. The van der Waals surface area contributed by atoms with E-state index in [2.05, 4.69) is 4.90 Å². The molecular formula is C23H24F3NO3. The van der Waals surface area contributed by atoms with Gasteiger partial charge >= 0.3 is 6.18 Å². The Labute approximate surface area is 173 Å². The van der Waals surface area contributed by atoms with E-state index >= 15 is 0 Å². The van der Waals surface area contributed by atoms with Crippen molar-refractivity contribution in [2.45, 2.75) is 31.5 Å². The third kappa shape index (κ3) is 4.37. The number of halogens is 3. The smallest absolute Gasteiger partial charge is 0.417 e. The molecule has 0 spiro atoms. The summed E-state index contributed by atoms with van der Waals surface area (Å²) in [5.74, 6) is 1.14. The predicted molar refractivity (Wildman–Crippen MR) is 107 cm³/mol. The predicted octanol–water partition coefficient (Wildman–Crippen LogP) is 4.19. The first-order chi connectivity index (χ1) is 14.3. The van der Waals surface area contributed by atoms with E-state index in [4.69, 9.17) is 4.74 Å². The molecule has 1 atom stereocenters. The third-order valence-corrected chi connectivity index (χ3v) is 6.00.